The lowest BCUT2D eigenvalue weighted by Gasteiger charge is -2.03. The minimum Gasteiger partial charge on any atom is -0.394 e. The second kappa shape index (κ2) is 4.85. The molecule has 1 aliphatic carbocycles. The van der Waals surface area contributed by atoms with Gasteiger partial charge in [0.25, 0.3) is 0 Å². The Morgan fingerprint density at radius 1 is 1.50 bits per heavy atom. The maximum Gasteiger partial charge on any atom is 0.0960 e. The number of rotatable bonds is 4. The van der Waals surface area contributed by atoms with Crippen molar-refractivity contribution in [3.8, 4) is 0 Å². The van der Waals surface area contributed by atoms with Crippen LogP contribution in [-0.2, 0) is 0 Å². The van der Waals surface area contributed by atoms with Crippen LogP contribution < -0.4 is 0 Å². The van der Waals surface area contributed by atoms with Gasteiger partial charge in [-0.3, -0.25) is 4.99 Å². The molecular weight excluding hydrogens is 154 g/mol. The Morgan fingerprint density at radius 2 is 2.25 bits per heavy atom. The minimum atomic E-state index is -0.369. The fraction of sp³-hybridized carbons (Fsp3) is 0.444. The molecule has 0 unspecified atom stereocenters. The maximum absolute atomic E-state index is 8.69. The Bertz CT molecular complexity index is 215. The normalized spacial score (nSPS) is 16.4. The first-order valence-corrected chi connectivity index (χ1v) is 3.97. The van der Waals surface area contributed by atoms with Crippen molar-refractivity contribution in [1.82, 2.24) is 0 Å². The van der Waals surface area contributed by atoms with Crippen molar-refractivity contribution in [2.24, 2.45) is 4.99 Å². The van der Waals surface area contributed by atoms with Gasteiger partial charge in [-0.2, -0.15) is 0 Å². The number of hydrogen-bond donors (Lipinski definition) is 2. The lowest BCUT2D eigenvalue weighted by molar-refractivity contribution is 0.195. The Morgan fingerprint density at radius 3 is 2.75 bits per heavy atom. The van der Waals surface area contributed by atoms with E-state index in [4.69, 9.17) is 10.2 Å². The summed E-state index contributed by atoms with van der Waals surface area (Å²) in [5.41, 5.74) is 1.11. The molecule has 0 amide bonds. The average molecular weight is 167 g/mol. The Balaban J connectivity index is 2.38. The van der Waals surface area contributed by atoms with E-state index in [0.717, 1.165) is 12.0 Å². The summed E-state index contributed by atoms with van der Waals surface area (Å²) in [6.45, 7) is -0.207. The first-order valence-electron chi connectivity index (χ1n) is 3.97. The molecule has 0 fully saturated rings. The third kappa shape index (κ3) is 2.60. The van der Waals surface area contributed by atoms with Crippen LogP contribution in [0.5, 0.6) is 0 Å². The molecule has 0 aromatic heterocycles. The molecule has 3 nitrogen and oxygen atoms in total. The Hall–Kier alpha value is -0.930. The molecule has 1 rings (SSSR count). The zero-order valence-corrected chi connectivity index (χ0v) is 6.85. The molecule has 1 aliphatic rings. The van der Waals surface area contributed by atoms with Crippen LogP contribution in [0, 0.1) is 0 Å². The van der Waals surface area contributed by atoms with Crippen LogP contribution in [0.4, 0.5) is 0 Å². The van der Waals surface area contributed by atoms with Gasteiger partial charge in [-0.15, -0.1) is 0 Å². The predicted octanol–water partition coefficient (Wildman–Crippen LogP) is 0.297. The molecule has 0 saturated carbocycles. The number of nitrogens with zero attached hydrogens (tertiary/aromatic N) is 1. The Kier molecular flexibility index (Phi) is 3.70. The molecule has 0 aliphatic heterocycles. The number of aliphatic imine (C=N–C) groups is 1. The van der Waals surface area contributed by atoms with Gasteiger partial charge >= 0.3 is 0 Å². The van der Waals surface area contributed by atoms with E-state index in [9.17, 15) is 0 Å². The van der Waals surface area contributed by atoms with Gasteiger partial charge < -0.3 is 10.2 Å². The van der Waals surface area contributed by atoms with Crippen molar-refractivity contribution in [3.05, 3.63) is 23.8 Å². The van der Waals surface area contributed by atoms with Crippen LogP contribution >= 0.6 is 0 Å². The van der Waals surface area contributed by atoms with Gasteiger partial charge in [0, 0.05) is 6.21 Å². The summed E-state index contributed by atoms with van der Waals surface area (Å²) in [6, 6.07) is -0.369. The molecule has 0 bridgehead atoms. The predicted molar refractivity (Wildman–Crippen MR) is 48.3 cm³/mol. The summed E-state index contributed by atoms with van der Waals surface area (Å²) >= 11 is 0. The van der Waals surface area contributed by atoms with Gasteiger partial charge in [0.1, 0.15) is 0 Å². The first-order chi connectivity index (χ1) is 5.86. The summed E-state index contributed by atoms with van der Waals surface area (Å²) in [7, 11) is 0. The lowest BCUT2D eigenvalue weighted by atomic mass is 10.2. The highest BCUT2D eigenvalue weighted by atomic mass is 16.3. The van der Waals surface area contributed by atoms with Crippen molar-refractivity contribution in [1.29, 1.82) is 0 Å². The zero-order valence-electron chi connectivity index (χ0n) is 6.85. The first kappa shape index (κ1) is 9.16. The van der Waals surface area contributed by atoms with E-state index in [-0.39, 0.29) is 19.3 Å². The molecule has 0 heterocycles. The van der Waals surface area contributed by atoms with Crippen LogP contribution in [0.2, 0.25) is 0 Å². The molecule has 66 valence electrons. The van der Waals surface area contributed by atoms with Gasteiger partial charge in [-0.05, 0) is 12.0 Å². The molecule has 0 aromatic rings. The second-order valence-electron chi connectivity index (χ2n) is 2.67. The highest BCUT2D eigenvalue weighted by molar-refractivity contribution is 5.80. The van der Waals surface area contributed by atoms with E-state index in [1.165, 1.54) is 0 Å². The van der Waals surface area contributed by atoms with E-state index in [1.807, 2.05) is 18.2 Å². The third-order valence-corrected chi connectivity index (χ3v) is 1.67. The summed E-state index contributed by atoms with van der Waals surface area (Å²) in [4.78, 5) is 4.01. The van der Waals surface area contributed by atoms with E-state index >= 15 is 0 Å². The molecule has 0 aromatic carbocycles. The van der Waals surface area contributed by atoms with Gasteiger partial charge in [0.15, 0.2) is 0 Å². The van der Waals surface area contributed by atoms with Crippen molar-refractivity contribution in [2.45, 2.75) is 12.5 Å². The standard InChI is InChI=1S/C9H13NO2/c11-6-9(7-12)10-5-8-3-1-2-4-8/h1-3,5,9,11-12H,4,6-7H2. The number of aliphatic hydroxyl groups excluding tert-OH is 2. The fourth-order valence-electron chi connectivity index (χ4n) is 0.913. The van der Waals surface area contributed by atoms with Crippen molar-refractivity contribution in [3.63, 3.8) is 0 Å². The quantitative estimate of drug-likeness (QED) is 0.591. The SMILES string of the molecule is OCC(CO)N=CC1=CC=CC1. The van der Waals surface area contributed by atoms with E-state index < -0.39 is 0 Å². The highest BCUT2D eigenvalue weighted by Gasteiger charge is 2.01. The molecule has 12 heavy (non-hydrogen) atoms. The van der Waals surface area contributed by atoms with Crippen LogP contribution in [0.25, 0.3) is 0 Å². The summed E-state index contributed by atoms with van der Waals surface area (Å²) in [6.07, 6.45) is 8.57. The van der Waals surface area contributed by atoms with Gasteiger partial charge in [-0.25, -0.2) is 0 Å². The minimum absolute atomic E-state index is 0.103. The average Bonchev–Trinajstić information content (AvgIpc) is 2.59. The van der Waals surface area contributed by atoms with Crippen molar-refractivity contribution in [2.75, 3.05) is 13.2 Å². The molecule has 0 radical (unpaired) electrons. The largest absolute Gasteiger partial charge is 0.394 e. The van der Waals surface area contributed by atoms with Gasteiger partial charge in [0.05, 0.1) is 19.3 Å². The van der Waals surface area contributed by atoms with E-state index in [0.29, 0.717) is 0 Å². The Labute approximate surface area is 71.8 Å². The molecule has 0 saturated heterocycles. The monoisotopic (exact) mass is 167 g/mol. The molecule has 0 atom stereocenters. The van der Waals surface area contributed by atoms with Crippen LogP contribution in [-0.4, -0.2) is 35.7 Å². The fourth-order valence-corrected chi connectivity index (χ4v) is 0.913. The molecule has 3 heteroatoms. The summed E-state index contributed by atoms with van der Waals surface area (Å²) in [5, 5.41) is 17.4. The second-order valence-corrected chi connectivity index (χ2v) is 2.67. The van der Waals surface area contributed by atoms with Crippen LogP contribution in [0.3, 0.4) is 0 Å². The topological polar surface area (TPSA) is 52.8 Å². The van der Waals surface area contributed by atoms with Gasteiger partial charge in [-0.1, -0.05) is 18.2 Å². The molecular formula is C9H13NO2. The summed E-state index contributed by atoms with van der Waals surface area (Å²) in [5.74, 6) is 0. The smallest absolute Gasteiger partial charge is 0.0960 e. The zero-order chi connectivity index (χ0) is 8.81. The van der Waals surface area contributed by atoms with E-state index in [1.54, 1.807) is 6.21 Å². The van der Waals surface area contributed by atoms with Crippen molar-refractivity contribution >= 4 is 6.21 Å². The van der Waals surface area contributed by atoms with Crippen molar-refractivity contribution < 1.29 is 10.2 Å². The number of allylic oxidation sites excluding steroid dienone is 4. The summed E-state index contributed by atoms with van der Waals surface area (Å²) < 4.78 is 0. The van der Waals surface area contributed by atoms with Crippen LogP contribution in [0.15, 0.2) is 28.8 Å². The van der Waals surface area contributed by atoms with Gasteiger partial charge in [0.2, 0.25) is 0 Å². The van der Waals surface area contributed by atoms with E-state index in [2.05, 4.69) is 4.99 Å². The lowest BCUT2D eigenvalue weighted by Crippen LogP contribution is -2.15. The van der Waals surface area contributed by atoms with Crippen LogP contribution in [0.1, 0.15) is 6.42 Å². The maximum atomic E-state index is 8.69. The number of aliphatic hydroxyl groups is 2. The highest BCUT2D eigenvalue weighted by Crippen LogP contribution is 2.07. The molecule has 2 N–H and O–H groups in total. The third-order valence-electron chi connectivity index (χ3n) is 1.67. The molecule has 0 spiro atoms. The number of hydrogen-bond acceptors (Lipinski definition) is 3.